The number of hydrogen-bond acceptors (Lipinski definition) is 1. The molecule has 11 heavy (non-hydrogen) atoms. The number of imidazole rings is 1. The SMILES string of the molecule is [CH]n1c(C)nc2ccccc21. The van der Waals surface area contributed by atoms with Crippen molar-refractivity contribution in [1.29, 1.82) is 0 Å². The van der Waals surface area contributed by atoms with Crippen LogP contribution in [0.3, 0.4) is 0 Å². The topological polar surface area (TPSA) is 17.8 Å². The van der Waals surface area contributed by atoms with Gasteiger partial charge in [-0.1, -0.05) is 12.1 Å². The minimum Gasteiger partial charge on any atom is -0.321 e. The Morgan fingerprint density at radius 3 is 2.82 bits per heavy atom. The van der Waals surface area contributed by atoms with Crippen molar-refractivity contribution in [3.05, 3.63) is 37.1 Å². The Morgan fingerprint density at radius 1 is 1.36 bits per heavy atom. The lowest BCUT2D eigenvalue weighted by atomic mass is 10.3. The fraction of sp³-hybridized carbons (Fsp3) is 0.111. The first-order chi connectivity index (χ1) is 5.29. The lowest BCUT2D eigenvalue weighted by Gasteiger charge is -1.92. The number of aromatic nitrogens is 2. The number of nitrogens with zero attached hydrogens (tertiary/aromatic N) is 2. The standard InChI is InChI=1S/C9H8N2/c1-7-10-8-5-3-4-6-9(8)11(7)2/h2-6H,1H3. The lowest BCUT2D eigenvalue weighted by molar-refractivity contribution is 1.00. The van der Waals surface area contributed by atoms with Crippen molar-refractivity contribution in [3.8, 4) is 0 Å². The van der Waals surface area contributed by atoms with Gasteiger partial charge in [0.25, 0.3) is 0 Å². The van der Waals surface area contributed by atoms with E-state index in [4.69, 9.17) is 7.05 Å². The van der Waals surface area contributed by atoms with Gasteiger partial charge in [0, 0.05) is 0 Å². The highest BCUT2D eigenvalue weighted by molar-refractivity contribution is 5.75. The van der Waals surface area contributed by atoms with Gasteiger partial charge in [-0.25, -0.2) is 4.98 Å². The second-order valence-electron chi connectivity index (χ2n) is 2.52. The van der Waals surface area contributed by atoms with Gasteiger partial charge in [-0.2, -0.15) is 0 Å². The number of aryl methyl sites for hydroxylation is 1. The first-order valence-corrected chi connectivity index (χ1v) is 3.48. The molecule has 0 saturated carbocycles. The first kappa shape index (κ1) is 6.40. The Balaban J connectivity index is 2.92. The molecule has 0 spiro atoms. The van der Waals surface area contributed by atoms with Gasteiger partial charge >= 0.3 is 0 Å². The molecule has 0 amide bonds. The van der Waals surface area contributed by atoms with E-state index in [0.29, 0.717) is 0 Å². The first-order valence-electron chi connectivity index (χ1n) is 3.48. The minimum absolute atomic E-state index is 0.839. The average Bonchev–Trinajstić information content (AvgIpc) is 2.30. The Kier molecular flexibility index (Phi) is 1.22. The zero-order valence-electron chi connectivity index (χ0n) is 6.28. The van der Waals surface area contributed by atoms with E-state index in [9.17, 15) is 0 Å². The van der Waals surface area contributed by atoms with E-state index >= 15 is 0 Å². The highest BCUT2D eigenvalue weighted by Crippen LogP contribution is 2.13. The molecule has 0 saturated heterocycles. The summed E-state index contributed by atoms with van der Waals surface area (Å²) in [7, 11) is 5.69. The average molecular weight is 144 g/mol. The second kappa shape index (κ2) is 2.09. The van der Waals surface area contributed by atoms with E-state index in [1.165, 1.54) is 0 Å². The van der Waals surface area contributed by atoms with Crippen LogP contribution in [0.5, 0.6) is 0 Å². The molecule has 2 aromatic rings. The summed E-state index contributed by atoms with van der Waals surface area (Å²) < 4.78 is 1.59. The third-order valence-corrected chi connectivity index (χ3v) is 1.77. The molecule has 0 N–H and O–H groups in total. The summed E-state index contributed by atoms with van der Waals surface area (Å²) in [6.45, 7) is 1.89. The minimum atomic E-state index is 0.839. The molecule has 1 heterocycles. The van der Waals surface area contributed by atoms with Crippen LogP contribution in [0.2, 0.25) is 0 Å². The van der Waals surface area contributed by atoms with Crippen LogP contribution in [0.1, 0.15) is 5.82 Å². The van der Waals surface area contributed by atoms with Gasteiger partial charge in [0.2, 0.25) is 0 Å². The van der Waals surface area contributed by atoms with Crippen LogP contribution in [0.25, 0.3) is 11.0 Å². The molecule has 0 fully saturated rings. The molecule has 2 nitrogen and oxygen atoms in total. The summed E-state index contributed by atoms with van der Waals surface area (Å²) in [4.78, 5) is 4.25. The van der Waals surface area contributed by atoms with Crippen LogP contribution >= 0.6 is 0 Å². The molecule has 0 atom stereocenters. The maximum Gasteiger partial charge on any atom is 0.107 e. The molecule has 54 valence electrons. The third kappa shape index (κ3) is 0.827. The fourth-order valence-electron chi connectivity index (χ4n) is 1.16. The number of hydrogen-bond donors (Lipinski definition) is 0. The maximum atomic E-state index is 5.69. The summed E-state index contributed by atoms with van der Waals surface area (Å²) >= 11 is 0. The highest BCUT2D eigenvalue weighted by atomic mass is 15.0. The predicted octanol–water partition coefficient (Wildman–Crippen LogP) is 1.86. The van der Waals surface area contributed by atoms with Crippen LogP contribution in [0.15, 0.2) is 24.3 Å². The molecule has 2 heteroatoms. The monoisotopic (exact) mass is 144 g/mol. The van der Waals surface area contributed by atoms with E-state index in [0.717, 1.165) is 16.9 Å². The summed E-state index contributed by atoms with van der Waals surface area (Å²) in [6.07, 6.45) is 0. The molecule has 2 radical (unpaired) electrons. The van der Waals surface area contributed by atoms with E-state index < -0.39 is 0 Å². The number of para-hydroxylation sites is 2. The van der Waals surface area contributed by atoms with Crippen molar-refractivity contribution in [2.24, 2.45) is 0 Å². The molecule has 1 aromatic heterocycles. The Morgan fingerprint density at radius 2 is 2.09 bits per heavy atom. The number of fused-ring (bicyclic) bond motifs is 1. The van der Waals surface area contributed by atoms with Crippen molar-refractivity contribution >= 4 is 11.0 Å². The number of rotatable bonds is 0. The molecule has 1 aromatic carbocycles. The van der Waals surface area contributed by atoms with Crippen molar-refractivity contribution in [1.82, 2.24) is 9.55 Å². The summed E-state index contributed by atoms with van der Waals surface area (Å²) in [5, 5.41) is 0. The largest absolute Gasteiger partial charge is 0.321 e. The molecule has 0 bridgehead atoms. The molecule has 0 unspecified atom stereocenters. The lowest BCUT2D eigenvalue weighted by Crippen LogP contribution is -1.86. The molecule has 0 aliphatic rings. The zero-order valence-corrected chi connectivity index (χ0v) is 6.28. The maximum absolute atomic E-state index is 5.69. The summed E-state index contributed by atoms with van der Waals surface area (Å²) in [5.41, 5.74) is 1.93. The van der Waals surface area contributed by atoms with Crippen molar-refractivity contribution in [2.45, 2.75) is 6.92 Å². The zero-order chi connectivity index (χ0) is 7.84. The van der Waals surface area contributed by atoms with Crippen molar-refractivity contribution in [3.63, 3.8) is 0 Å². The van der Waals surface area contributed by atoms with E-state index in [1.54, 1.807) is 4.57 Å². The Labute approximate surface area is 65.5 Å². The van der Waals surface area contributed by atoms with Gasteiger partial charge in [-0.05, 0) is 19.1 Å². The van der Waals surface area contributed by atoms with Crippen LogP contribution in [-0.4, -0.2) is 9.55 Å². The van der Waals surface area contributed by atoms with E-state index in [1.807, 2.05) is 31.2 Å². The molecule has 0 aliphatic carbocycles. The van der Waals surface area contributed by atoms with Gasteiger partial charge in [-0.15, -0.1) is 0 Å². The predicted molar refractivity (Wildman–Crippen MR) is 44.2 cm³/mol. The van der Waals surface area contributed by atoms with E-state index in [2.05, 4.69) is 4.98 Å². The smallest absolute Gasteiger partial charge is 0.107 e. The normalized spacial score (nSPS) is 10.7. The third-order valence-electron chi connectivity index (χ3n) is 1.77. The Bertz CT molecular complexity index is 387. The second-order valence-corrected chi connectivity index (χ2v) is 2.52. The number of benzene rings is 1. The van der Waals surface area contributed by atoms with Crippen LogP contribution in [0, 0.1) is 14.0 Å². The molecule has 0 aliphatic heterocycles. The van der Waals surface area contributed by atoms with Gasteiger partial charge < -0.3 is 4.57 Å². The fourth-order valence-corrected chi connectivity index (χ4v) is 1.16. The Hall–Kier alpha value is -1.31. The van der Waals surface area contributed by atoms with Crippen molar-refractivity contribution < 1.29 is 0 Å². The highest BCUT2D eigenvalue weighted by Gasteiger charge is 2.00. The van der Waals surface area contributed by atoms with Gasteiger partial charge in [-0.3, -0.25) is 0 Å². The van der Waals surface area contributed by atoms with Gasteiger partial charge in [0.1, 0.15) is 5.82 Å². The molecule has 2 rings (SSSR count). The van der Waals surface area contributed by atoms with Gasteiger partial charge in [0.05, 0.1) is 18.1 Å². The van der Waals surface area contributed by atoms with Crippen LogP contribution in [-0.2, 0) is 0 Å². The summed E-state index contributed by atoms with van der Waals surface area (Å²) in [6, 6.07) is 7.81. The van der Waals surface area contributed by atoms with Crippen LogP contribution < -0.4 is 0 Å². The molecular weight excluding hydrogens is 136 g/mol. The van der Waals surface area contributed by atoms with E-state index in [-0.39, 0.29) is 0 Å². The summed E-state index contributed by atoms with van der Waals surface area (Å²) in [5.74, 6) is 0.839. The quantitative estimate of drug-likeness (QED) is 0.551. The van der Waals surface area contributed by atoms with Gasteiger partial charge in [0.15, 0.2) is 0 Å². The van der Waals surface area contributed by atoms with Crippen LogP contribution in [0.4, 0.5) is 0 Å². The van der Waals surface area contributed by atoms with Crippen molar-refractivity contribution in [2.75, 3.05) is 0 Å². The molecular formula is C9H8N2.